The molecule has 4 aromatic rings. The van der Waals surface area contributed by atoms with E-state index in [9.17, 15) is 9.90 Å². The lowest BCUT2D eigenvalue weighted by atomic mass is 10.1. The molecule has 0 atom stereocenters. The number of nitrogens with one attached hydrogen (secondary N) is 1. The van der Waals surface area contributed by atoms with Gasteiger partial charge in [-0.1, -0.05) is 12.1 Å². The zero-order valence-corrected chi connectivity index (χ0v) is 16.3. The molecule has 140 valence electrons. The highest BCUT2D eigenvalue weighted by molar-refractivity contribution is 9.10. The number of benzene rings is 2. The van der Waals surface area contributed by atoms with E-state index >= 15 is 0 Å². The van der Waals surface area contributed by atoms with Crippen molar-refractivity contribution in [3.05, 3.63) is 71.1 Å². The molecule has 0 aliphatic heterocycles. The molecule has 0 amide bonds. The van der Waals surface area contributed by atoms with Crippen LogP contribution in [0.2, 0.25) is 0 Å². The summed E-state index contributed by atoms with van der Waals surface area (Å²) in [5.41, 5.74) is 3.08. The first-order chi connectivity index (χ1) is 13.6. The normalized spacial score (nSPS) is 10.8. The van der Waals surface area contributed by atoms with Crippen LogP contribution < -0.4 is 5.32 Å². The standard InChI is InChI=1S/C20H15BrN4O3/c1-28-20(27)14-4-2-3-5-15(14)23-19-18(12-6-8-13(26)9-7-12)24-17-10-22-16(21)11-25(17)19/h2-11,23,26H,1H3. The van der Waals surface area contributed by atoms with Gasteiger partial charge in [0.2, 0.25) is 0 Å². The zero-order valence-electron chi connectivity index (χ0n) is 14.8. The lowest BCUT2D eigenvalue weighted by Crippen LogP contribution is -2.06. The number of phenols is 1. The Hall–Kier alpha value is -3.39. The fourth-order valence-electron chi connectivity index (χ4n) is 2.88. The number of halogens is 1. The van der Waals surface area contributed by atoms with Gasteiger partial charge in [-0.3, -0.25) is 4.40 Å². The Balaban J connectivity index is 1.90. The molecule has 0 unspecified atom stereocenters. The Morgan fingerprint density at radius 1 is 1.18 bits per heavy atom. The molecule has 2 aromatic heterocycles. The van der Waals surface area contributed by atoms with E-state index in [0.717, 1.165) is 5.56 Å². The topological polar surface area (TPSA) is 88.8 Å². The molecule has 0 saturated heterocycles. The van der Waals surface area contributed by atoms with Crippen LogP contribution in [-0.4, -0.2) is 32.6 Å². The number of carbonyl (C=O) groups excluding carboxylic acids is 1. The van der Waals surface area contributed by atoms with E-state index in [-0.39, 0.29) is 5.75 Å². The lowest BCUT2D eigenvalue weighted by molar-refractivity contribution is 0.0602. The van der Waals surface area contributed by atoms with E-state index in [2.05, 4.69) is 31.2 Å². The number of hydrogen-bond donors (Lipinski definition) is 2. The van der Waals surface area contributed by atoms with Gasteiger partial charge in [-0.2, -0.15) is 0 Å². The predicted molar refractivity (Wildman–Crippen MR) is 109 cm³/mol. The number of ether oxygens (including phenoxy) is 1. The average Bonchev–Trinajstić information content (AvgIpc) is 3.06. The number of aromatic nitrogens is 3. The van der Waals surface area contributed by atoms with Gasteiger partial charge in [0.15, 0.2) is 5.65 Å². The summed E-state index contributed by atoms with van der Waals surface area (Å²) in [6.07, 6.45) is 3.43. The van der Waals surface area contributed by atoms with Crippen molar-refractivity contribution in [2.75, 3.05) is 12.4 Å². The highest BCUT2D eigenvalue weighted by Gasteiger charge is 2.18. The van der Waals surface area contributed by atoms with Crippen molar-refractivity contribution in [1.29, 1.82) is 0 Å². The molecule has 0 fully saturated rings. The molecule has 2 aromatic carbocycles. The van der Waals surface area contributed by atoms with Gasteiger partial charge < -0.3 is 15.2 Å². The van der Waals surface area contributed by atoms with E-state index in [1.54, 1.807) is 54.9 Å². The predicted octanol–water partition coefficient (Wildman–Crippen LogP) is 4.39. The van der Waals surface area contributed by atoms with Crippen LogP contribution in [0.4, 0.5) is 11.5 Å². The number of hydrogen-bond acceptors (Lipinski definition) is 6. The largest absolute Gasteiger partial charge is 0.508 e. The van der Waals surface area contributed by atoms with Gasteiger partial charge in [-0.15, -0.1) is 0 Å². The highest BCUT2D eigenvalue weighted by atomic mass is 79.9. The molecule has 4 rings (SSSR count). The second kappa shape index (κ2) is 7.32. The van der Waals surface area contributed by atoms with Crippen LogP contribution in [0.5, 0.6) is 5.75 Å². The molecule has 0 aliphatic rings. The van der Waals surface area contributed by atoms with Crippen LogP contribution in [-0.2, 0) is 4.74 Å². The van der Waals surface area contributed by atoms with E-state index < -0.39 is 5.97 Å². The van der Waals surface area contributed by atoms with Crippen LogP contribution in [0.25, 0.3) is 16.9 Å². The van der Waals surface area contributed by atoms with Crippen molar-refractivity contribution < 1.29 is 14.6 Å². The third kappa shape index (κ3) is 3.29. The van der Waals surface area contributed by atoms with Gasteiger partial charge in [-0.25, -0.2) is 14.8 Å². The van der Waals surface area contributed by atoms with E-state index in [0.29, 0.717) is 33.0 Å². The van der Waals surface area contributed by atoms with Gasteiger partial charge >= 0.3 is 5.97 Å². The number of fused-ring (bicyclic) bond motifs is 1. The van der Waals surface area contributed by atoms with Crippen molar-refractivity contribution in [2.24, 2.45) is 0 Å². The maximum Gasteiger partial charge on any atom is 0.339 e. The van der Waals surface area contributed by atoms with Crippen LogP contribution in [0.15, 0.2) is 65.5 Å². The Morgan fingerprint density at radius 2 is 1.93 bits per heavy atom. The maximum atomic E-state index is 12.1. The van der Waals surface area contributed by atoms with Crippen molar-refractivity contribution in [3.63, 3.8) is 0 Å². The van der Waals surface area contributed by atoms with E-state index in [1.807, 2.05) is 10.5 Å². The first-order valence-electron chi connectivity index (χ1n) is 8.34. The molecule has 8 heteroatoms. The SMILES string of the molecule is COC(=O)c1ccccc1Nc1c(-c2ccc(O)cc2)nc2cnc(Br)cn12. The minimum absolute atomic E-state index is 0.169. The van der Waals surface area contributed by atoms with Crippen molar-refractivity contribution >= 4 is 39.1 Å². The van der Waals surface area contributed by atoms with E-state index in [4.69, 9.17) is 4.74 Å². The summed E-state index contributed by atoms with van der Waals surface area (Å²) in [7, 11) is 1.35. The average molecular weight is 439 g/mol. The van der Waals surface area contributed by atoms with Crippen molar-refractivity contribution in [3.8, 4) is 17.0 Å². The molecular formula is C20H15BrN4O3. The molecule has 0 saturated carbocycles. The Kier molecular flexibility index (Phi) is 4.70. The highest BCUT2D eigenvalue weighted by Crippen LogP contribution is 2.33. The molecule has 0 spiro atoms. The summed E-state index contributed by atoms with van der Waals surface area (Å²) in [4.78, 5) is 21.0. The monoisotopic (exact) mass is 438 g/mol. The van der Waals surface area contributed by atoms with Gasteiger partial charge in [0.25, 0.3) is 0 Å². The number of carbonyl (C=O) groups is 1. The van der Waals surface area contributed by atoms with Crippen molar-refractivity contribution in [2.45, 2.75) is 0 Å². The number of anilines is 2. The fourth-order valence-corrected chi connectivity index (χ4v) is 3.19. The number of nitrogens with zero attached hydrogens (tertiary/aromatic N) is 3. The number of phenolic OH excluding ortho intramolecular Hbond substituents is 1. The second-order valence-electron chi connectivity index (χ2n) is 5.96. The molecule has 2 N–H and O–H groups in total. The number of methoxy groups -OCH3 is 1. The minimum Gasteiger partial charge on any atom is -0.508 e. The molecule has 2 heterocycles. The van der Waals surface area contributed by atoms with E-state index in [1.165, 1.54) is 7.11 Å². The molecule has 28 heavy (non-hydrogen) atoms. The van der Waals surface area contributed by atoms with Gasteiger partial charge in [0.1, 0.15) is 21.9 Å². The third-order valence-corrected chi connectivity index (χ3v) is 4.61. The zero-order chi connectivity index (χ0) is 19.7. The van der Waals surface area contributed by atoms with Gasteiger partial charge in [0, 0.05) is 11.8 Å². The summed E-state index contributed by atoms with van der Waals surface area (Å²) in [5, 5.41) is 12.9. The second-order valence-corrected chi connectivity index (χ2v) is 6.77. The van der Waals surface area contributed by atoms with Crippen LogP contribution in [0.3, 0.4) is 0 Å². The summed E-state index contributed by atoms with van der Waals surface area (Å²) in [6.45, 7) is 0. The van der Waals surface area contributed by atoms with Crippen molar-refractivity contribution in [1.82, 2.24) is 14.4 Å². The summed E-state index contributed by atoms with van der Waals surface area (Å²) < 4.78 is 7.36. The fraction of sp³-hybridized carbons (Fsp3) is 0.0500. The number of imidazole rings is 1. The maximum absolute atomic E-state index is 12.1. The number of esters is 1. The Labute approximate surface area is 168 Å². The third-order valence-electron chi connectivity index (χ3n) is 4.20. The molecule has 0 aliphatic carbocycles. The van der Waals surface area contributed by atoms with Gasteiger partial charge in [-0.05, 0) is 52.3 Å². The van der Waals surface area contributed by atoms with Crippen LogP contribution >= 0.6 is 15.9 Å². The molecule has 0 bridgehead atoms. The number of aromatic hydroxyl groups is 1. The first-order valence-corrected chi connectivity index (χ1v) is 9.13. The quantitative estimate of drug-likeness (QED) is 0.459. The number of rotatable bonds is 4. The van der Waals surface area contributed by atoms with Gasteiger partial charge in [0.05, 0.1) is 24.6 Å². The molecule has 0 radical (unpaired) electrons. The summed E-state index contributed by atoms with van der Waals surface area (Å²) >= 11 is 3.38. The smallest absolute Gasteiger partial charge is 0.339 e. The van der Waals surface area contributed by atoms with Crippen LogP contribution in [0, 0.1) is 0 Å². The Bertz CT molecular complexity index is 1170. The molecule has 7 nitrogen and oxygen atoms in total. The first kappa shape index (κ1) is 18.0. The minimum atomic E-state index is -0.439. The van der Waals surface area contributed by atoms with Crippen LogP contribution in [0.1, 0.15) is 10.4 Å². The summed E-state index contributed by atoms with van der Waals surface area (Å²) in [6, 6.07) is 13.8. The lowest BCUT2D eigenvalue weighted by Gasteiger charge is -2.12. The Morgan fingerprint density at radius 3 is 2.68 bits per heavy atom. The summed E-state index contributed by atoms with van der Waals surface area (Å²) in [5.74, 6) is 0.383. The number of para-hydroxylation sites is 1. The molecular weight excluding hydrogens is 424 g/mol.